The number of rotatable bonds is 5. The fourth-order valence-electron chi connectivity index (χ4n) is 3.99. The van der Waals surface area contributed by atoms with Gasteiger partial charge in [0.05, 0.1) is 27.7 Å². The van der Waals surface area contributed by atoms with Crippen LogP contribution in [0.15, 0.2) is 109 Å². The maximum atomic E-state index is 12.2. The van der Waals surface area contributed by atoms with Gasteiger partial charge in [0.25, 0.3) is 0 Å². The van der Waals surface area contributed by atoms with Crippen molar-refractivity contribution in [3.63, 3.8) is 0 Å². The van der Waals surface area contributed by atoms with Crippen molar-refractivity contribution < 1.29 is 9.90 Å². The summed E-state index contributed by atoms with van der Waals surface area (Å²) in [5, 5.41) is 10.5. The first-order valence-corrected chi connectivity index (χ1v) is 10.8. The van der Waals surface area contributed by atoms with Gasteiger partial charge in [-0.05, 0) is 24.3 Å². The third-order valence-corrected chi connectivity index (χ3v) is 5.79. The van der Waals surface area contributed by atoms with Gasteiger partial charge in [0.15, 0.2) is 0 Å². The van der Waals surface area contributed by atoms with E-state index in [4.69, 9.17) is 16.6 Å². The predicted octanol–water partition coefficient (Wildman–Crippen LogP) is 7.22. The van der Waals surface area contributed by atoms with Crippen LogP contribution in [-0.4, -0.2) is 20.6 Å². The smallest absolute Gasteiger partial charge is 0.337 e. The van der Waals surface area contributed by atoms with Crippen molar-refractivity contribution in [2.45, 2.75) is 0 Å². The van der Waals surface area contributed by atoms with E-state index in [1.54, 1.807) is 18.2 Å². The van der Waals surface area contributed by atoms with Gasteiger partial charge >= 0.3 is 5.97 Å². The van der Waals surface area contributed by atoms with Crippen molar-refractivity contribution in [3.05, 3.63) is 120 Å². The zero-order valence-electron chi connectivity index (χ0n) is 17.5. The number of aromatic carboxylic acids is 1. The van der Waals surface area contributed by atoms with E-state index in [1.807, 2.05) is 95.6 Å². The summed E-state index contributed by atoms with van der Waals surface area (Å²) in [6, 6.07) is 34.2. The quantitative estimate of drug-likeness (QED) is 0.307. The standard InChI is InChI=1S/C28H19ClN2O2/c29-23-17-9-7-15-21(23)27-30-25(19-11-3-1-4-12-19)26(20-13-5-2-6-14-20)31(27)24-18-10-8-16-22(24)28(32)33/h1-18H,(H,32,33). The summed E-state index contributed by atoms with van der Waals surface area (Å²) in [5.74, 6) is -0.434. The average molecular weight is 451 g/mol. The molecule has 33 heavy (non-hydrogen) atoms. The predicted molar refractivity (Wildman–Crippen MR) is 132 cm³/mol. The number of aromatic nitrogens is 2. The normalized spacial score (nSPS) is 10.8. The van der Waals surface area contributed by atoms with Crippen LogP contribution in [0, 0.1) is 0 Å². The van der Waals surface area contributed by atoms with Gasteiger partial charge < -0.3 is 5.11 Å². The van der Waals surface area contributed by atoms with E-state index in [0.717, 1.165) is 28.1 Å². The maximum absolute atomic E-state index is 12.2. The van der Waals surface area contributed by atoms with Crippen molar-refractivity contribution in [2.24, 2.45) is 0 Å². The van der Waals surface area contributed by atoms with Gasteiger partial charge in [-0.25, -0.2) is 9.78 Å². The molecule has 0 amide bonds. The van der Waals surface area contributed by atoms with Crippen LogP contribution in [0.3, 0.4) is 0 Å². The molecule has 0 saturated heterocycles. The molecule has 5 aromatic rings. The third-order valence-electron chi connectivity index (χ3n) is 5.46. The van der Waals surface area contributed by atoms with Gasteiger partial charge in [-0.3, -0.25) is 4.57 Å². The summed E-state index contributed by atoms with van der Waals surface area (Å²) in [6.45, 7) is 0. The molecule has 0 aliphatic rings. The van der Waals surface area contributed by atoms with Gasteiger partial charge in [-0.15, -0.1) is 0 Å². The SMILES string of the molecule is O=C(O)c1ccccc1-n1c(-c2ccccc2Cl)nc(-c2ccccc2)c1-c1ccccc1. The molecule has 0 aliphatic carbocycles. The Labute approximate surface area is 196 Å². The summed E-state index contributed by atoms with van der Waals surface area (Å²) in [4.78, 5) is 17.2. The van der Waals surface area contributed by atoms with Crippen molar-refractivity contribution in [1.82, 2.24) is 9.55 Å². The van der Waals surface area contributed by atoms with Crippen LogP contribution in [0.25, 0.3) is 39.6 Å². The van der Waals surface area contributed by atoms with E-state index in [-0.39, 0.29) is 5.56 Å². The fourth-order valence-corrected chi connectivity index (χ4v) is 4.21. The Kier molecular flexibility index (Phi) is 5.51. The van der Waals surface area contributed by atoms with Gasteiger partial charge in [-0.2, -0.15) is 0 Å². The van der Waals surface area contributed by atoms with E-state index in [0.29, 0.717) is 16.5 Å². The molecule has 4 nitrogen and oxygen atoms in total. The first kappa shape index (κ1) is 20.7. The topological polar surface area (TPSA) is 55.1 Å². The Morgan fingerprint density at radius 3 is 1.97 bits per heavy atom. The molecule has 1 N–H and O–H groups in total. The van der Waals surface area contributed by atoms with Crippen molar-refractivity contribution >= 4 is 17.6 Å². The first-order valence-electron chi connectivity index (χ1n) is 10.5. The van der Waals surface area contributed by atoms with Crippen molar-refractivity contribution in [2.75, 3.05) is 0 Å². The molecule has 5 heteroatoms. The second-order valence-corrected chi connectivity index (χ2v) is 7.91. The highest BCUT2D eigenvalue weighted by atomic mass is 35.5. The monoisotopic (exact) mass is 450 g/mol. The molecular formula is C28H19ClN2O2. The number of para-hydroxylation sites is 1. The highest BCUT2D eigenvalue weighted by Crippen LogP contribution is 2.40. The first-order chi connectivity index (χ1) is 16.1. The van der Waals surface area contributed by atoms with Crippen LogP contribution in [-0.2, 0) is 0 Å². The van der Waals surface area contributed by atoms with Crippen LogP contribution in [0.4, 0.5) is 0 Å². The highest BCUT2D eigenvalue weighted by molar-refractivity contribution is 6.33. The molecule has 0 spiro atoms. The molecule has 5 rings (SSSR count). The van der Waals surface area contributed by atoms with Crippen LogP contribution < -0.4 is 0 Å². The summed E-state index contributed by atoms with van der Waals surface area (Å²) < 4.78 is 1.91. The lowest BCUT2D eigenvalue weighted by Gasteiger charge is -2.16. The Morgan fingerprint density at radius 2 is 1.30 bits per heavy atom. The summed E-state index contributed by atoms with van der Waals surface area (Å²) >= 11 is 6.60. The molecule has 0 saturated carbocycles. The van der Waals surface area contributed by atoms with Gasteiger partial charge in [0.2, 0.25) is 0 Å². The minimum absolute atomic E-state index is 0.181. The Hall–Kier alpha value is -4.15. The molecule has 0 radical (unpaired) electrons. The lowest BCUT2D eigenvalue weighted by atomic mass is 10.0. The number of imidazole rings is 1. The number of benzene rings is 4. The summed E-state index contributed by atoms with van der Waals surface area (Å²) in [7, 11) is 0. The lowest BCUT2D eigenvalue weighted by molar-refractivity contribution is 0.0697. The summed E-state index contributed by atoms with van der Waals surface area (Å²) in [5.41, 5.74) is 4.81. The van der Waals surface area contributed by atoms with Gasteiger partial charge in [0, 0.05) is 16.7 Å². The van der Waals surface area contributed by atoms with Crippen molar-refractivity contribution in [1.29, 1.82) is 0 Å². The second kappa shape index (κ2) is 8.77. The molecule has 0 atom stereocenters. The van der Waals surface area contributed by atoms with Crippen LogP contribution in [0.2, 0.25) is 5.02 Å². The molecule has 0 aliphatic heterocycles. The number of carboxylic acid groups (broad SMARTS) is 1. The third kappa shape index (κ3) is 3.81. The molecule has 0 fully saturated rings. The van der Waals surface area contributed by atoms with E-state index >= 15 is 0 Å². The minimum atomic E-state index is -1.01. The van der Waals surface area contributed by atoms with Gasteiger partial charge in [-0.1, -0.05) is 96.5 Å². The van der Waals surface area contributed by atoms with Crippen molar-refractivity contribution in [3.8, 4) is 39.6 Å². The van der Waals surface area contributed by atoms with E-state index in [2.05, 4.69) is 0 Å². The van der Waals surface area contributed by atoms with E-state index in [9.17, 15) is 9.90 Å². The number of hydrogen-bond donors (Lipinski definition) is 1. The number of halogens is 1. The second-order valence-electron chi connectivity index (χ2n) is 7.50. The molecule has 0 bridgehead atoms. The van der Waals surface area contributed by atoms with Crippen LogP contribution in [0.5, 0.6) is 0 Å². The zero-order chi connectivity index (χ0) is 22.8. The van der Waals surface area contributed by atoms with Crippen LogP contribution in [0.1, 0.15) is 10.4 Å². The van der Waals surface area contributed by atoms with Gasteiger partial charge in [0.1, 0.15) is 5.82 Å². The number of nitrogens with zero attached hydrogens (tertiary/aromatic N) is 2. The Morgan fingerprint density at radius 1 is 0.727 bits per heavy atom. The summed E-state index contributed by atoms with van der Waals surface area (Å²) in [6.07, 6.45) is 0. The molecule has 1 heterocycles. The highest BCUT2D eigenvalue weighted by Gasteiger charge is 2.25. The maximum Gasteiger partial charge on any atom is 0.337 e. The number of carbonyl (C=O) groups is 1. The van der Waals surface area contributed by atoms with Crippen LogP contribution >= 0.6 is 11.6 Å². The van der Waals surface area contributed by atoms with E-state index in [1.165, 1.54) is 0 Å². The molecule has 160 valence electrons. The Balaban J connectivity index is 1.95. The molecular weight excluding hydrogens is 432 g/mol. The average Bonchev–Trinajstić information content (AvgIpc) is 3.25. The minimum Gasteiger partial charge on any atom is -0.478 e. The lowest BCUT2D eigenvalue weighted by Crippen LogP contribution is -2.08. The fraction of sp³-hybridized carbons (Fsp3) is 0. The zero-order valence-corrected chi connectivity index (χ0v) is 18.3. The molecule has 1 aromatic heterocycles. The number of carboxylic acids is 1. The molecule has 4 aromatic carbocycles. The number of hydrogen-bond acceptors (Lipinski definition) is 2. The van der Waals surface area contributed by atoms with E-state index < -0.39 is 5.97 Å². The largest absolute Gasteiger partial charge is 0.478 e. The molecule has 0 unspecified atom stereocenters. The Bertz CT molecular complexity index is 1440.